The van der Waals surface area contributed by atoms with Gasteiger partial charge in [0.15, 0.2) is 0 Å². The number of halogens is 1. The van der Waals surface area contributed by atoms with Crippen molar-refractivity contribution in [2.75, 3.05) is 11.5 Å². The highest BCUT2D eigenvalue weighted by Gasteiger charge is 2.38. The third-order valence-electron chi connectivity index (χ3n) is 4.42. The Kier molecular flexibility index (Phi) is 5.84. The number of allylic oxidation sites excluding steroid dienone is 1. The summed E-state index contributed by atoms with van der Waals surface area (Å²) < 4.78 is 5.14. The van der Waals surface area contributed by atoms with E-state index in [4.69, 9.17) is 16.3 Å². The molecule has 1 aliphatic heterocycles. The number of rotatable bonds is 5. The average Bonchev–Trinajstić information content (AvgIpc) is 2.93. The van der Waals surface area contributed by atoms with Crippen LogP contribution < -0.4 is 10.0 Å². The second-order valence-electron chi connectivity index (χ2n) is 6.27. The quantitative estimate of drug-likeness (QED) is 0.558. The molecule has 1 amide bonds. The Morgan fingerprint density at radius 1 is 1.10 bits per heavy atom. The maximum Gasteiger partial charge on any atom is 0.340 e. The van der Waals surface area contributed by atoms with Gasteiger partial charge < -0.3 is 14.6 Å². The van der Waals surface area contributed by atoms with Crippen molar-refractivity contribution in [1.29, 1.82) is 0 Å². The lowest BCUT2D eigenvalue weighted by molar-refractivity contribution is -0.255. The molecule has 6 nitrogen and oxygen atoms in total. The summed E-state index contributed by atoms with van der Waals surface area (Å²) in [5.74, 6) is -2.29. The van der Waals surface area contributed by atoms with Gasteiger partial charge >= 0.3 is 5.97 Å². The molecule has 0 unspecified atom stereocenters. The predicted molar refractivity (Wildman–Crippen MR) is 107 cm³/mol. The summed E-state index contributed by atoms with van der Waals surface area (Å²) in [4.78, 5) is 38.1. The van der Waals surface area contributed by atoms with E-state index in [9.17, 15) is 19.5 Å². The number of carboxylic acid groups (broad SMARTS) is 1. The highest BCUT2D eigenvalue weighted by molar-refractivity contribution is 6.30. The standard InChI is InChI=1S/C22H18ClNO5/c1-3-29-22(28)19-13(2)24(17-10-8-16(23)9-11-17)20(25)18(19)12-14-4-6-15(7-5-14)21(26)27/h4-12H,3H2,1-2H3,(H,26,27)/p-1/b18-12-. The van der Waals surface area contributed by atoms with E-state index in [1.54, 1.807) is 38.1 Å². The first-order valence-corrected chi connectivity index (χ1v) is 9.22. The third kappa shape index (κ3) is 4.07. The maximum absolute atomic E-state index is 13.2. The Morgan fingerprint density at radius 2 is 1.72 bits per heavy atom. The summed E-state index contributed by atoms with van der Waals surface area (Å²) >= 11 is 5.94. The van der Waals surface area contributed by atoms with E-state index >= 15 is 0 Å². The lowest BCUT2D eigenvalue weighted by Crippen LogP contribution is -2.24. The number of anilines is 1. The Hall–Kier alpha value is -3.38. The van der Waals surface area contributed by atoms with Crippen LogP contribution in [-0.2, 0) is 14.3 Å². The van der Waals surface area contributed by atoms with Gasteiger partial charge in [0.05, 0.1) is 23.7 Å². The minimum Gasteiger partial charge on any atom is -0.545 e. The Bertz CT molecular complexity index is 1040. The summed E-state index contributed by atoms with van der Waals surface area (Å²) in [6.07, 6.45) is 1.53. The first-order chi connectivity index (χ1) is 13.8. The fraction of sp³-hybridized carbons (Fsp3) is 0.136. The van der Waals surface area contributed by atoms with Crippen LogP contribution in [0.2, 0.25) is 5.02 Å². The number of aromatic carboxylic acids is 1. The fourth-order valence-electron chi connectivity index (χ4n) is 3.06. The number of carboxylic acids is 1. The number of carbonyl (C=O) groups excluding carboxylic acids is 3. The van der Waals surface area contributed by atoms with Crippen LogP contribution in [0.3, 0.4) is 0 Å². The minimum atomic E-state index is -1.29. The Balaban J connectivity index is 2.08. The molecule has 0 saturated carbocycles. The average molecular weight is 411 g/mol. The second kappa shape index (κ2) is 8.32. The summed E-state index contributed by atoms with van der Waals surface area (Å²) in [5, 5.41) is 11.4. The van der Waals surface area contributed by atoms with Crippen LogP contribution in [0.5, 0.6) is 0 Å². The van der Waals surface area contributed by atoms with Gasteiger partial charge in [-0.1, -0.05) is 35.9 Å². The monoisotopic (exact) mass is 410 g/mol. The van der Waals surface area contributed by atoms with Crippen molar-refractivity contribution in [3.63, 3.8) is 0 Å². The van der Waals surface area contributed by atoms with Crippen LogP contribution in [0.4, 0.5) is 5.69 Å². The molecule has 1 aliphatic rings. The number of amides is 1. The molecule has 0 bridgehead atoms. The van der Waals surface area contributed by atoms with E-state index < -0.39 is 17.8 Å². The van der Waals surface area contributed by atoms with Gasteiger partial charge in [0.1, 0.15) is 0 Å². The van der Waals surface area contributed by atoms with Crippen molar-refractivity contribution < 1.29 is 24.2 Å². The van der Waals surface area contributed by atoms with Crippen molar-refractivity contribution in [2.24, 2.45) is 0 Å². The van der Waals surface area contributed by atoms with Crippen LogP contribution in [0.15, 0.2) is 65.4 Å². The third-order valence-corrected chi connectivity index (χ3v) is 4.67. The Morgan fingerprint density at radius 3 is 2.28 bits per heavy atom. The van der Waals surface area contributed by atoms with Crippen LogP contribution >= 0.6 is 11.6 Å². The molecular formula is C22H17ClNO5-. The molecule has 7 heteroatoms. The van der Waals surface area contributed by atoms with Crippen LogP contribution in [0.25, 0.3) is 6.08 Å². The van der Waals surface area contributed by atoms with Gasteiger partial charge in [0, 0.05) is 16.4 Å². The van der Waals surface area contributed by atoms with Crippen molar-refractivity contribution in [3.05, 3.63) is 81.5 Å². The molecule has 2 aromatic rings. The van der Waals surface area contributed by atoms with E-state index in [2.05, 4.69) is 0 Å². The molecule has 0 aromatic heterocycles. The van der Waals surface area contributed by atoms with E-state index in [1.165, 1.54) is 35.2 Å². The highest BCUT2D eigenvalue weighted by Crippen LogP contribution is 2.35. The van der Waals surface area contributed by atoms with Crippen molar-refractivity contribution in [1.82, 2.24) is 0 Å². The SMILES string of the molecule is CCOC(=O)C1=C(C)N(c2ccc(Cl)cc2)C(=O)/C1=C\c1ccc(C(=O)[O-])cc1. The largest absolute Gasteiger partial charge is 0.545 e. The Labute approximate surface area is 172 Å². The van der Waals surface area contributed by atoms with Gasteiger partial charge in [-0.25, -0.2) is 4.79 Å². The molecule has 0 fully saturated rings. The minimum absolute atomic E-state index is 0.0185. The summed E-state index contributed by atoms with van der Waals surface area (Å²) in [5.41, 5.74) is 1.91. The zero-order valence-electron chi connectivity index (χ0n) is 15.8. The van der Waals surface area contributed by atoms with Crippen LogP contribution in [0.1, 0.15) is 29.8 Å². The number of nitrogens with zero attached hydrogens (tertiary/aromatic N) is 1. The van der Waals surface area contributed by atoms with Crippen LogP contribution in [0, 0.1) is 0 Å². The van der Waals surface area contributed by atoms with Gasteiger partial charge in [-0.15, -0.1) is 0 Å². The number of carbonyl (C=O) groups is 3. The lowest BCUT2D eigenvalue weighted by Gasteiger charge is -2.18. The number of hydrogen-bond donors (Lipinski definition) is 0. The molecule has 148 valence electrons. The van der Waals surface area contributed by atoms with E-state index in [0.29, 0.717) is 22.0 Å². The summed E-state index contributed by atoms with van der Waals surface area (Å²) in [7, 11) is 0. The maximum atomic E-state index is 13.2. The fourth-order valence-corrected chi connectivity index (χ4v) is 3.19. The normalized spacial score (nSPS) is 15.2. The molecule has 0 saturated heterocycles. The topological polar surface area (TPSA) is 86.7 Å². The lowest BCUT2D eigenvalue weighted by atomic mass is 10.0. The van der Waals surface area contributed by atoms with Crippen molar-refractivity contribution in [3.8, 4) is 0 Å². The summed E-state index contributed by atoms with van der Waals surface area (Å²) in [6, 6.07) is 12.5. The smallest absolute Gasteiger partial charge is 0.340 e. The number of ether oxygens (including phenoxy) is 1. The molecule has 3 rings (SSSR count). The molecule has 1 heterocycles. The number of esters is 1. The predicted octanol–water partition coefficient (Wildman–Crippen LogP) is 2.97. The zero-order chi connectivity index (χ0) is 21.1. The summed E-state index contributed by atoms with van der Waals surface area (Å²) in [6.45, 7) is 3.51. The molecule has 0 spiro atoms. The van der Waals surface area contributed by atoms with Gasteiger partial charge in [0.2, 0.25) is 0 Å². The van der Waals surface area contributed by atoms with E-state index in [0.717, 1.165) is 0 Å². The van der Waals surface area contributed by atoms with Gasteiger partial charge in [-0.2, -0.15) is 0 Å². The second-order valence-corrected chi connectivity index (χ2v) is 6.70. The molecule has 0 radical (unpaired) electrons. The first kappa shape index (κ1) is 20.4. The van der Waals surface area contributed by atoms with Crippen LogP contribution in [-0.4, -0.2) is 24.5 Å². The van der Waals surface area contributed by atoms with Crippen molar-refractivity contribution >= 4 is 41.2 Å². The van der Waals surface area contributed by atoms with E-state index in [1.807, 2.05) is 0 Å². The van der Waals surface area contributed by atoms with Gasteiger partial charge in [-0.05, 0) is 55.3 Å². The molecule has 0 N–H and O–H groups in total. The molecular weight excluding hydrogens is 394 g/mol. The van der Waals surface area contributed by atoms with Gasteiger partial charge in [-0.3, -0.25) is 9.69 Å². The zero-order valence-corrected chi connectivity index (χ0v) is 16.5. The van der Waals surface area contributed by atoms with Gasteiger partial charge in [0.25, 0.3) is 5.91 Å². The van der Waals surface area contributed by atoms with E-state index in [-0.39, 0.29) is 23.3 Å². The molecule has 0 atom stereocenters. The molecule has 2 aromatic carbocycles. The molecule has 0 aliphatic carbocycles. The number of hydrogen-bond acceptors (Lipinski definition) is 5. The number of benzene rings is 2. The highest BCUT2D eigenvalue weighted by atomic mass is 35.5. The van der Waals surface area contributed by atoms with Crippen molar-refractivity contribution in [2.45, 2.75) is 13.8 Å². The molecule has 29 heavy (non-hydrogen) atoms. The first-order valence-electron chi connectivity index (χ1n) is 8.85.